The minimum absolute atomic E-state index is 0.118. The van der Waals surface area contributed by atoms with Crippen LogP contribution in [0.15, 0.2) is 29.3 Å². The summed E-state index contributed by atoms with van der Waals surface area (Å²) in [5.41, 5.74) is -0.633. The largest absolute Gasteiger partial charge is 0.337 e. The highest BCUT2D eigenvalue weighted by Crippen LogP contribution is 2.33. The van der Waals surface area contributed by atoms with E-state index in [1.807, 2.05) is 20.8 Å². The first-order valence-corrected chi connectivity index (χ1v) is 8.75. The summed E-state index contributed by atoms with van der Waals surface area (Å²) < 4.78 is 12.3. The van der Waals surface area contributed by atoms with Gasteiger partial charge in [-0.1, -0.05) is 46.9 Å². The van der Waals surface area contributed by atoms with E-state index >= 15 is 0 Å². The average Bonchev–Trinajstić information content (AvgIpc) is 2.70. The fraction of sp³-hybridized carbons (Fsp3) is 0.438. The molecule has 1 heterocycles. The van der Waals surface area contributed by atoms with Crippen molar-refractivity contribution in [3.05, 3.63) is 30.1 Å². The lowest BCUT2D eigenvalue weighted by atomic mass is 10.1. The van der Waals surface area contributed by atoms with Gasteiger partial charge in [-0.15, -0.1) is 0 Å². The van der Waals surface area contributed by atoms with Crippen molar-refractivity contribution in [1.82, 2.24) is 10.2 Å². The third-order valence-electron chi connectivity index (χ3n) is 3.41. The van der Waals surface area contributed by atoms with Gasteiger partial charge in [0.25, 0.3) is 5.91 Å². The van der Waals surface area contributed by atoms with Gasteiger partial charge in [-0.05, 0) is 32.9 Å². The number of likely N-dealkylation sites (N-methyl/N-ethyl adjacent to an activating group) is 1. The van der Waals surface area contributed by atoms with Crippen LogP contribution in [0.2, 0.25) is 0 Å². The van der Waals surface area contributed by atoms with Crippen LogP contribution in [0.5, 0.6) is 0 Å². The lowest BCUT2D eigenvalue weighted by molar-refractivity contribution is -0.119. The molecule has 1 aromatic rings. The molecule has 0 radical (unpaired) electrons. The standard InChI is InChI=1S/C16H18Cl3FN4O2/c1-15(2,3)22-13(16(17,18)19)21-11-12(25)23(4)14(26)24(11)10-8-6-5-7-9(10)20/h5-8,13,22H,1-4H3/b21-11+. The second kappa shape index (κ2) is 7.31. The minimum Gasteiger partial charge on any atom is -0.287 e. The molecule has 0 spiro atoms. The zero-order valence-electron chi connectivity index (χ0n) is 14.6. The van der Waals surface area contributed by atoms with Gasteiger partial charge in [0, 0.05) is 12.6 Å². The van der Waals surface area contributed by atoms with E-state index < -0.39 is 33.3 Å². The summed E-state index contributed by atoms with van der Waals surface area (Å²) in [6.07, 6.45) is -1.15. The third kappa shape index (κ3) is 4.46. The molecule has 1 fully saturated rings. The van der Waals surface area contributed by atoms with E-state index in [1.54, 1.807) is 0 Å². The van der Waals surface area contributed by atoms with Gasteiger partial charge >= 0.3 is 6.03 Å². The van der Waals surface area contributed by atoms with Crippen molar-refractivity contribution in [3.8, 4) is 0 Å². The van der Waals surface area contributed by atoms with Crippen LogP contribution in [0.3, 0.4) is 0 Å². The van der Waals surface area contributed by atoms with Gasteiger partial charge in [-0.2, -0.15) is 0 Å². The van der Waals surface area contributed by atoms with Gasteiger partial charge in [-0.3, -0.25) is 15.0 Å². The Hall–Kier alpha value is -1.41. The molecule has 1 aliphatic rings. The van der Waals surface area contributed by atoms with Crippen LogP contribution in [0, 0.1) is 5.82 Å². The highest BCUT2D eigenvalue weighted by atomic mass is 35.6. The van der Waals surface area contributed by atoms with Crippen molar-refractivity contribution in [2.24, 2.45) is 4.99 Å². The number of amides is 3. The Bertz CT molecular complexity index is 759. The number of hydrogen-bond acceptors (Lipinski definition) is 4. The molecule has 0 aliphatic carbocycles. The van der Waals surface area contributed by atoms with Crippen LogP contribution >= 0.6 is 34.8 Å². The lowest BCUT2D eigenvalue weighted by Crippen LogP contribution is -2.50. The van der Waals surface area contributed by atoms with Crippen molar-refractivity contribution in [2.45, 2.75) is 36.3 Å². The molecular weight excluding hydrogens is 406 g/mol. The zero-order chi connectivity index (χ0) is 19.9. The summed E-state index contributed by atoms with van der Waals surface area (Å²) in [6, 6.07) is 4.77. The molecule has 0 aromatic heterocycles. The number of para-hydroxylation sites is 1. The van der Waals surface area contributed by atoms with Crippen LogP contribution in [-0.2, 0) is 4.79 Å². The number of amidine groups is 1. The summed E-state index contributed by atoms with van der Waals surface area (Å²) in [5, 5.41) is 2.97. The molecule has 1 saturated heterocycles. The Morgan fingerprint density at radius 1 is 1.15 bits per heavy atom. The van der Waals surface area contributed by atoms with Crippen molar-refractivity contribution in [3.63, 3.8) is 0 Å². The summed E-state index contributed by atoms with van der Waals surface area (Å²) >= 11 is 18.0. The molecule has 142 valence electrons. The van der Waals surface area contributed by atoms with Gasteiger partial charge in [0.15, 0.2) is 0 Å². The fourth-order valence-corrected chi connectivity index (χ4v) is 2.57. The van der Waals surface area contributed by atoms with Crippen molar-refractivity contribution < 1.29 is 14.0 Å². The summed E-state index contributed by atoms with van der Waals surface area (Å²) in [5.74, 6) is -1.75. The molecule has 26 heavy (non-hydrogen) atoms. The van der Waals surface area contributed by atoms with Gasteiger partial charge in [0.1, 0.15) is 12.0 Å². The molecule has 1 unspecified atom stereocenters. The van der Waals surface area contributed by atoms with E-state index in [0.717, 1.165) is 9.80 Å². The Balaban J connectivity index is 2.57. The number of anilines is 1. The maximum atomic E-state index is 14.2. The third-order valence-corrected chi connectivity index (χ3v) is 4.03. The van der Waals surface area contributed by atoms with Crippen LogP contribution in [-0.4, -0.2) is 45.2 Å². The summed E-state index contributed by atoms with van der Waals surface area (Å²) in [6.45, 7) is 5.46. The van der Waals surface area contributed by atoms with Gasteiger partial charge in [-0.25, -0.2) is 19.1 Å². The SMILES string of the molecule is CN1C(=O)/C(=N\C(NC(C)(C)C)C(Cl)(Cl)Cl)N(c2ccccc2F)C1=O. The smallest absolute Gasteiger partial charge is 0.287 e. The predicted octanol–water partition coefficient (Wildman–Crippen LogP) is 3.71. The molecule has 0 saturated carbocycles. The Morgan fingerprint density at radius 3 is 2.23 bits per heavy atom. The number of imide groups is 1. The highest BCUT2D eigenvalue weighted by Gasteiger charge is 2.45. The zero-order valence-corrected chi connectivity index (χ0v) is 16.8. The summed E-state index contributed by atoms with van der Waals surface area (Å²) in [7, 11) is 1.27. The van der Waals surface area contributed by atoms with Crippen LogP contribution < -0.4 is 10.2 Å². The minimum atomic E-state index is -1.91. The monoisotopic (exact) mass is 422 g/mol. The molecule has 1 N–H and O–H groups in total. The van der Waals surface area contributed by atoms with Gasteiger partial charge < -0.3 is 0 Å². The predicted molar refractivity (Wildman–Crippen MR) is 101 cm³/mol. The number of halogens is 4. The number of urea groups is 1. The van der Waals surface area contributed by atoms with Crippen LogP contribution in [0.4, 0.5) is 14.9 Å². The number of rotatable bonds is 3. The average molecular weight is 424 g/mol. The fourth-order valence-electron chi connectivity index (χ4n) is 2.26. The quantitative estimate of drug-likeness (QED) is 0.595. The molecule has 1 aliphatic heterocycles. The molecule has 0 bridgehead atoms. The van der Waals surface area contributed by atoms with E-state index in [4.69, 9.17) is 34.8 Å². The molecular formula is C16H18Cl3FN4O2. The Labute approximate surface area is 165 Å². The molecule has 10 heteroatoms. The molecule has 1 aromatic carbocycles. The second-order valence-electron chi connectivity index (χ2n) is 6.72. The van der Waals surface area contributed by atoms with E-state index in [2.05, 4.69) is 10.3 Å². The van der Waals surface area contributed by atoms with Crippen molar-refractivity contribution >= 4 is 58.3 Å². The molecule has 1 atom stereocenters. The number of nitrogens with zero attached hydrogens (tertiary/aromatic N) is 3. The molecule has 3 amide bonds. The molecule has 6 nitrogen and oxygen atoms in total. The van der Waals surface area contributed by atoms with E-state index in [9.17, 15) is 14.0 Å². The van der Waals surface area contributed by atoms with E-state index in [0.29, 0.717) is 0 Å². The maximum Gasteiger partial charge on any atom is 0.337 e. The number of alkyl halides is 3. The number of benzene rings is 1. The first-order chi connectivity index (χ1) is 11.8. The Morgan fingerprint density at radius 2 is 1.73 bits per heavy atom. The second-order valence-corrected chi connectivity index (χ2v) is 9.09. The number of aliphatic imine (C=N–C) groups is 1. The number of nitrogens with one attached hydrogen (secondary N) is 1. The normalized spacial score (nSPS) is 18.8. The number of hydrogen-bond donors (Lipinski definition) is 1. The highest BCUT2D eigenvalue weighted by molar-refractivity contribution is 6.68. The molecule has 2 rings (SSSR count). The maximum absolute atomic E-state index is 14.2. The first-order valence-electron chi connectivity index (χ1n) is 7.62. The number of carbonyl (C=O) groups excluding carboxylic acids is 2. The van der Waals surface area contributed by atoms with Gasteiger partial charge in [0.05, 0.1) is 5.69 Å². The summed E-state index contributed by atoms with van der Waals surface area (Å²) in [4.78, 5) is 30.8. The number of carbonyl (C=O) groups is 2. The lowest BCUT2D eigenvalue weighted by Gasteiger charge is -2.30. The van der Waals surface area contributed by atoms with Crippen molar-refractivity contribution in [1.29, 1.82) is 0 Å². The van der Waals surface area contributed by atoms with E-state index in [1.165, 1.54) is 31.3 Å². The topological polar surface area (TPSA) is 65.0 Å². The first kappa shape index (κ1) is 20.9. The Kier molecular flexibility index (Phi) is 5.87. The van der Waals surface area contributed by atoms with Crippen LogP contribution in [0.25, 0.3) is 0 Å². The van der Waals surface area contributed by atoms with Crippen molar-refractivity contribution in [2.75, 3.05) is 11.9 Å². The van der Waals surface area contributed by atoms with E-state index in [-0.39, 0.29) is 11.5 Å². The van der Waals surface area contributed by atoms with Gasteiger partial charge in [0.2, 0.25) is 9.63 Å². The van der Waals surface area contributed by atoms with Crippen LogP contribution in [0.1, 0.15) is 20.8 Å².